The number of fused-ring (bicyclic) bond motifs is 1. The number of carbonyl (C=O) groups excluding carboxylic acids is 1. The maximum absolute atomic E-state index is 12.8. The van der Waals surface area contributed by atoms with Crippen molar-refractivity contribution in [3.05, 3.63) is 46.8 Å². The highest BCUT2D eigenvalue weighted by Crippen LogP contribution is 2.30. The average Bonchev–Trinajstić information content (AvgIpc) is 2.69. The second-order valence-electron chi connectivity index (χ2n) is 6.21. The smallest absolute Gasteiger partial charge is 0.328 e. The van der Waals surface area contributed by atoms with E-state index in [2.05, 4.69) is 15.3 Å². The Bertz CT molecular complexity index is 872. The van der Waals surface area contributed by atoms with Crippen molar-refractivity contribution in [1.29, 1.82) is 5.26 Å². The van der Waals surface area contributed by atoms with Gasteiger partial charge in [-0.05, 0) is 43.0 Å². The molecule has 0 fully saturated rings. The molecule has 8 heteroatoms. The van der Waals surface area contributed by atoms with Gasteiger partial charge in [-0.15, -0.1) is 0 Å². The van der Waals surface area contributed by atoms with E-state index in [4.69, 9.17) is 14.7 Å². The van der Waals surface area contributed by atoms with Crippen LogP contribution >= 0.6 is 0 Å². The van der Waals surface area contributed by atoms with Gasteiger partial charge in [0.1, 0.15) is 23.4 Å². The highest BCUT2D eigenvalue weighted by molar-refractivity contribution is 6.01. The van der Waals surface area contributed by atoms with E-state index in [0.717, 1.165) is 24.0 Å². The molecule has 0 spiro atoms. The Balaban J connectivity index is 1.88. The zero-order chi connectivity index (χ0) is 19.4. The molecule has 0 saturated carbocycles. The lowest BCUT2D eigenvalue weighted by atomic mass is 10.0. The Morgan fingerprint density at radius 1 is 1.37 bits per heavy atom. The minimum Gasteiger partial charge on any atom is -0.350 e. The number of nitriles is 1. The second kappa shape index (κ2) is 8.12. The predicted octanol–water partition coefficient (Wildman–Crippen LogP) is 2.93. The number of methoxy groups -OCH3 is 2. The molecule has 0 unspecified atom stereocenters. The first-order chi connectivity index (χ1) is 13.1. The van der Waals surface area contributed by atoms with Gasteiger partial charge in [-0.3, -0.25) is 10.2 Å². The predicted molar refractivity (Wildman–Crippen MR) is 99.4 cm³/mol. The van der Waals surface area contributed by atoms with Gasteiger partial charge in [-0.25, -0.2) is 14.8 Å². The van der Waals surface area contributed by atoms with E-state index in [1.54, 1.807) is 31.3 Å². The lowest BCUT2D eigenvalue weighted by Crippen LogP contribution is -2.40. The number of amides is 2. The summed E-state index contributed by atoms with van der Waals surface area (Å²) in [5.74, 6) is 0.984. The Morgan fingerprint density at radius 2 is 2.15 bits per heavy atom. The summed E-state index contributed by atoms with van der Waals surface area (Å²) in [6.07, 6.45) is 2.52. The fraction of sp³-hybridized carbons (Fsp3) is 0.368. The lowest BCUT2D eigenvalue weighted by molar-refractivity contribution is -0.109. The maximum Gasteiger partial charge on any atom is 0.328 e. The summed E-state index contributed by atoms with van der Waals surface area (Å²) in [5.41, 5.74) is 3.05. The number of urea groups is 1. The van der Waals surface area contributed by atoms with E-state index in [0.29, 0.717) is 29.4 Å². The third kappa shape index (κ3) is 3.89. The van der Waals surface area contributed by atoms with Crippen LogP contribution in [0.25, 0.3) is 0 Å². The topological polar surface area (TPSA) is 100 Å². The van der Waals surface area contributed by atoms with Crippen LogP contribution in [0, 0.1) is 18.3 Å². The van der Waals surface area contributed by atoms with Crippen LogP contribution in [0.5, 0.6) is 0 Å². The van der Waals surface area contributed by atoms with Crippen molar-refractivity contribution in [2.75, 3.05) is 31.0 Å². The van der Waals surface area contributed by atoms with Gasteiger partial charge >= 0.3 is 6.03 Å². The summed E-state index contributed by atoms with van der Waals surface area (Å²) in [7, 11) is 3.10. The Kier molecular flexibility index (Phi) is 5.64. The van der Waals surface area contributed by atoms with Gasteiger partial charge in [0, 0.05) is 27.0 Å². The molecule has 0 aromatic carbocycles. The molecular weight excluding hydrogens is 346 g/mol. The molecular formula is C19H21N5O3. The maximum atomic E-state index is 12.8. The minimum absolute atomic E-state index is 0.318. The third-order valence-corrected chi connectivity index (χ3v) is 4.42. The molecule has 0 saturated heterocycles. The highest BCUT2D eigenvalue weighted by atomic mass is 16.7. The van der Waals surface area contributed by atoms with E-state index < -0.39 is 6.29 Å². The van der Waals surface area contributed by atoms with Crippen LogP contribution in [0.3, 0.4) is 0 Å². The minimum atomic E-state index is -0.595. The van der Waals surface area contributed by atoms with E-state index in [9.17, 15) is 4.79 Å². The van der Waals surface area contributed by atoms with Gasteiger partial charge in [0.05, 0.1) is 5.56 Å². The number of ether oxygens (including phenoxy) is 2. The van der Waals surface area contributed by atoms with Crippen molar-refractivity contribution in [3.63, 3.8) is 0 Å². The number of pyridine rings is 2. The molecule has 1 aliphatic rings. The van der Waals surface area contributed by atoms with Crippen LogP contribution in [0.1, 0.15) is 35.1 Å². The molecule has 8 nitrogen and oxygen atoms in total. The van der Waals surface area contributed by atoms with Crippen LogP contribution in [-0.2, 0) is 15.9 Å². The molecule has 2 amide bonds. The van der Waals surface area contributed by atoms with Gasteiger partial charge in [0.2, 0.25) is 6.29 Å². The Hall–Kier alpha value is -3.02. The lowest BCUT2D eigenvalue weighted by Gasteiger charge is -2.30. The number of hydrogen-bond acceptors (Lipinski definition) is 6. The average molecular weight is 367 g/mol. The molecule has 0 radical (unpaired) electrons. The molecule has 27 heavy (non-hydrogen) atoms. The van der Waals surface area contributed by atoms with Crippen LogP contribution in [0.2, 0.25) is 0 Å². The summed E-state index contributed by atoms with van der Waals surface area (Å²) in [4.78, 5) is 23.2. The van der Waals surface area contributed by atoms with Gasteiger partial charge in [-0.1, -0.05) is 6.07 Å². The number of hydrogen-bond donors (Lipinski definition) is 1. The van der Waals surface area contributed by atoms with Crippen LogP contribution in [0.15, 0.2) is 24.4 Å². The third-order valence-electron chi connectivity index (χ3n) is 4.42. The van der Waals surface area contributed by atoms with Crippen LogP contribution in [-0.4, -0.2) is 36.8 Å². The summed E-state index contributed by atoms with van der Waals surface area (Å²) in [6.45, 7) is 2.50. The molecule has 2 aromatic heterocycles. The second-order valence-corrected chi connectivity index (χ2v) is 6.21. The normalized spacial score (nSPS) is 13.2. The van der Waals surface area contributed by atoms with Crippen molar-refractivity contribution in [1.82, 2.24) is 9.97 Å². The number of rotatable bonds is 4. The quantitative estimate of drug-likeness (QED) is 0.834. The van der Waals surface area contributed by atoms with Crippen molar-refractivity contribution >= 4 is 17.7 Å². The molecule has 1 aliphatic heterocycles. The highest BCUT2D eigenvalue weighted by Gasteiger charge is 2.27. The first-order valence-electron chi connectivity index (χ1n) is 8.58. The Labute approximate surface area is 157 Å². The number of aryl methyl sites for hydroxylation is 2. The van der Waals surface area contributed by atoms with E-state index >= 15 is 0 Å². The number of anilines is 2. The van der Waals surface area contributed by atoms with Crippen molar-refractivity contribution in [2.45, 2.75) is 26.1 Å². The fourth-order valence-electron chi connectivity index (χ4n) is 3.09. The van der Waals surface area contributed by atoms with Crippen molar-refractivity contribution < 1.29 is 14.3 Å². The van der Waals surface area contributed by atoms with E-state index in [-0.39, 0.29) is 6.03 Å². The zero-order valence-electron chi connectivity index (χ0n) is 15.5. The zero-order valence-corrected chi connectivity index (χ0v) is 15.5. The molecule has 3 rings (SSSR count). The number of nitrogens with one attached hydrogen (secondary N) is 1. The van der Waals surface area contributed by atoms with Gasteiger partial charge in [0.25, 0.3) is 0 Å². The van der Waals surface area contributed by atoms with Gasteiger partial charge in [-0.2, -0.15) is 5.26 Å². The molecule has 0 atom stereocenters. The summed E-state index contributed by atoms with van der Waals surface area (Å²) >= 11 is 0. The Morgan fingerprint density at radius 3 is 2.78 bits per heavy atom. The number of nitrogens with zero attached hydrogens (tertiary/aromatic N) is 4. The van der Waals surface area contributed by atoms with Crippen molar-refractivity contribution in [3.8, 4) is 6.07 Å². The van der Waals surface area contributed by atoms with Gasteiger partial charge in [0.15, 0.2) is 0 Å². The molecule has 2 aromatic rings. The first-order valence-corrected chi connectivity index (χ1v) is 8.58. The summed E-state index contributed by atoms with van der Waals surface area (Å²) < 4.78 is 10.7. The SMILES string of the molecule is COC(OC)c1nc2c(cc1C)CCCN2C(=O)Nc1ccc(C#N)cn1. The molecule has 0 bridgehead atoms. The summed E-state index contributed by atoms with van der Waals surface area (Å²) in [5, 5.41) is 11.6. The van der Waals surface area contributed by atoms with Crippen molar-refractivity contribution in [2.24, 2.45) is 0 Å². The van der Waals surface area contributed by atoms with E-state index in [1.807, 2.05) is 19.1 Å². The monoisotopic (exact) mass is 367 g/mol. The summed E-state index contributed by atoms with van der Waals surface area (Å²) in [6, 6.07) is 6.91. The van der Waals surface area contributed by atoms with Crippen LogP contribution in [0.4, 0.5) is 16.4 Å². The number of carbonyl (C=O) groups is 1. The fourth-order valence-corrected chi connectivity index (χ4v) is 3.09. The molecule has 3 heterocycles. The van der Waals surface area contributed by atoms with E-state index in [1.165, 1.54) is 6.20 Å². The van der Waals surface area contributed by atoms with Crippen LogP contribution < -0.4 is 10.2 Å². The number of aromatic nitrogens is 2. The standard InChI is InChI=1S/C19H21N5O3/c1-12-9-14-5-4-8-24(17(14)23-16(12)18(26-2)27-3)19(25)22-15-7-6-13(10-20)11-21-15/h6-7,9,11,18H,4-5,8H2,1-3H3,(H,21,22,25). The first kappa shape index (κ1) is 18.8. The largest absolute Gasteiger partial charge is 0.350 e. The molecule has 1 N–H and O–H groups in total. The van der Waals surface area contributed by atoms with Gasteiger partial charge < -0.3 is 9.47 Å². The molecule has 0 aliphatic carbocycles. The molecule has 140 valence electrons.